The number of rotatable bonds is 10. The third-order valence-electron chi connectivity index (χ3n) is 7.05. The molecule has 2 N–H and O–H groups in total. The third kappa shape index (κ3) is 10.2. The molecule has 0 unspecified atom stereocenters. The second-order valence-electron chi connectivity index (χ2n) is 11.3. The predicted molar refractivity (Wildman–Crippen MR) is 192 cm³/mol. The van der Waals surface area contributed by atoms with Gasteiger partial charge in [0.2, 0.25) is 0 Å². The Bertz CT molecular complexity index is 2000. The van der Waals surface area contributed by atoms with Crippen LogP contribution in [0.4, 0.5) is 20.2 Å². The second kappa shape index (κ2) is 15.7. The Morgan fingerprint density at radius 2 is 1.06 bits per heavy atom. The minimum atomic E-state index is -3.74. The number of hydrogen-bond acceptors (Lipinski definition) is 6. The topological polar surface area (TPSA) is 143 Å². The SMILES string of the molecule is CN(C)S(=O)(=O)Nc1cn(C)c(=O)cc1Cc1ccc(I)cc1F.Cc1ccc(Cc2cc(=O)n(C)cc2NS(=O)(=O)N(C)C)c(F)c1. The van der Waals surface area contributed by atoms with E-state index in [1.165, 1.54) is 88.1 Å². The maximum Gasteiger partial charge on any atom is 0.301 e. The number of aromatic nitrogens is 2. The summed E-state index contributed by atoms with van der Waals surface area (Å²) in [4.78, 5) is 23.8. The quantitative estimate of drug-likeness (QED) is 0.235. The van der Waals surface area contributed by atoms with Gasteiger partial charge in [-0.15, -0.1) is 0 Å². The van der Waals surface area contributed by atoms with Crippen molar-refractivity contribution in [3.05, 3.63) is 125 Å². The third-order valence-corrected chi connectivity index (χ3v) is 10.6. The molecular weight excluding hydrogens is 781 g/mol. The van der Waals surface area contributed by atoms with Gasteiger partial charge in [0.1, 0.15) is 11.6 Å². The molecule has 0 aliphatic rings. The highest BCUT2D eigenvalue weighted by atomic mass is 127. The van der Waals surface area contributed by atoms with E-state index in [9.17, 15) is 35.2 Å². The van der Waals surface area contributed by atoms with Gasteiger partial charge in [-0.1, -0.05) is 18.2 Å². The summed E-state index contributed by atoms with van der Waals surface area (Å²) < 4.78 is 86.6. The van der Waals surface area contributed by atoms with Crippen molar-refractivity contribution in [2.24, 2.45) is 14.1 Å². The van der Waals surface area contributed by atoms with Crippen LogP contribution in [-0.2, 0) is 47.4 Å². The van der Waals surface area contributed by atoms with E-state index in [4.69, 9.17) is 0 Å². The zero-order chi connectivity index (χ0) is 36.1. The van der Waals surface area contributed by atoms with E-state index in [-0.39, 0.29) is 35.3 Å². The highest BCUT2D eigenvalue weighted by Crippen LogP contribution is 2.23. The highest BCUT2D eigenvalue weighted by Gasteiger charge is 2.19. The van der Waals surface area contributed by atoms with E-state index < -0.39 is 32.1 Å². The van der Waals surface area contributed by atoms with Crippen molar-refractivity contribution in [3.8, 4) is 0 Å². The van der Waals surface area contributed by atoms with Crippen LogP contribution in [0.25, 0.3) is 0 Å². The van der Waals surface area contributed by atoms with E-state index in [1.54, 1.807) is 31.2 Å². The lowest BCUT2D eigenvalue weighted by molar-refractivity contribution is 0.525. The standard InChI is InChI=1S/C16H20FN3O3S.C15H17FIN3O3S/c1-11-5-6-12(14(17)7-11)8-13-9-16(21)20(4)10-15(13)18-24(22,23)19(2)3;1-19(2)24(22,23)18-14-9-20(3)15(21)7-11(14)6-10-4-5-12(17)8-13(10)16/h5-7,9-10,18H,8H2,1-4H3;4-5,7-9,18H,6H2,1-3H3. The van der Waals surface area contributed by atoms with Crippen LogP contribution in [-0.4, -0.2) is 62.8 Å². The number of nitrogens with one attached hydrogen (secondary N) is 2. The maximum absolute atomic E-state index is 14.1. The first-order valence-electron chi connectivity index (χ1n) is 14.2. The zero-order valence-electron chi connectivity index (χ0n) is 27.4. The fraction of sp³-hybridized carbons (Fsp3) is 0.290. The number of nitrogens with zero attached hydrogens (tertiary/aromatic N) is 4. The second-order valence-corrected chi connectivity index (χ2v) is 16.3. The van der Waals surface area contributed by atoms with Crippen LogP contribution in [0.1, 0.15) is 27.8 Å². The van der Waals surface area contributed by atoms with Gasteiger partial charge in [0.25, 0.3) is 11.1 Å². The molecule has 0 amide bonds. The van der Waals surface area contributed by atoms with Gasteiger partial charge in [0.15, 0.2) is 0 Å². The smallest absolute Gasteiger partial charge is 0.301 e. The number of aryl methyl sites for hydroxylation is 3. The molecule has 0 spiro atoms. The summed E-state index contributed by atoms with van der Waals surface area (Å²) in [5.41, 5.74) is 2.25. The lowest BCUT2D eigenvalue weighted by Gasteiger charge is -2.17. The number of anilines is 2. The van der Waals surface area contributed by atoms with Crippen molar-refractivity contribution in [1.82, 2.24) is 17.7 Å². The first kappa shape index (κ1) is 38.8. The molecule has 48 heavy (non-hydrogen) atoms. The van der Waals surface area contributed by atoms with Crippen LogP contribution in [0.5, 0.6) is 0 Å². The summed E-state index contributed by atoms with van der Waals surface area (Å²) in [6, 6.07) is 12.2. The Morgan fingerprint density at radius 1 is 0.667 bits per heavy atom. The van der Waals surface area contributed by atoms with Gasteiger partial charge < -0.3 is 9.13 Å². The van der Waals surface area contributed by atoms with Crippen LogP contribution in [0.15, 0.2) is 70.5 Å². The Balaban J connectivity index is 0.000000260. The van der Waals surface area contributed by atoms with Gasteiger partial charge in [-0.2, -0.15) is 25.4 Å². The number of hydrogen-bond donors (Lipinski definition) is 2. The molecule has 2 aromatic heterocycles. The maximum atomic E-state index is 14.1. The highest BCUT2D eigenvalue weighted by molar-refractivity contribution is 14.1. The van der Waals surface area contributed by atoms with Gasteiger partial charge in [-0.25, -0.2) is 8.78 Å². The van der Waals surface area contributed by atoms with E-state index >= 15 is 0 Å². The van der Waals surface area contributed by atoms with Gasteiger partial charge in [0, 0.05) is 83.2 Å². The minimum Gasteiger partial charge on any atom is -0.316 e. The molecule has 2 heterocycles. The lowest BCUT2D eigenvalue weighted by Crippen LogP contribution is -2.30. The monoisotopic (exact) mass is 818 g/mol. The summed E-state index contributed by atoms with van der Waals surface area (Å²) in [5, 5.41) is 0. The Labute approximate surface area is 292 Å². The largest absolute Gasteiger partial charge is 0.316 e. The van der Waals surface area contributed by atoms with Crippen molar-refractivity contribution in [3.63, 3.8) is 0 Å². The van der Waals surface area contributed by atoms with E-state index in [0.717, 1.165) is 17.7 Å². The van der Waals surface area contributed by atoms with Gasteiger partial charge in [-0.3, -0.25) is 19.0 Å². The summed E-state index contributed by atoms with van der Waals surface area (Å²) in [7, 11) is 1.13. The molecule has 0 saturated carbocycles. The summed E-state index contributed by atoms with van der Waals surface area (Å²) >= 11 is 2.00. The molecule has 2 aromatic carbocycles. The number of halogens is 3. The summed E-state index contributed by atoms with van der Waals surface area (Å²) in [5.74, 6) is -0.791. The molecule has 0 bridgehead atoms. The van der Waals surface area contributed by atoms with Crippen LogP contribution < -0.4 is 20.6 Å². The van der Waals surface area contributed by atoms with Crippen molar-refractivity contribution in [2.45, 2.75) is 19.8 Å². The van der Waals surface area contributed by atoms with Crippen molar-refractivity contribution in [2.75, 3.05) is 37.6 Å². The lowest BCUT2D eigenvalue weighted by atomic mass is 10.0. The van der Waals surface area contributed by atoms with Gasteiger partial charge in [0.05, 0.1) is 11.4 Å². The molecule has 17 heteroatoms. The molecule has 0 aliphatic heterocycles. The minimum absolute atomic E-state index is 0.101. The average molecular weight is 819 g/mol. The molecule has 0 aliphatic carbocycles. The normalized spacial score (nSPS) is 11.8. The summed E-state index contributed by atoms with van der Waals surface area (Å²) in [6.07, 6.45) is 2.99. The molecule has 0 saturated heterocycles. The zero-order valence-corrected chi connectivity index (χ0v) is 31.2. The van der Waals surface area contributed by atoms with Crippen molar-refractivity contribution in [1.29, 1.82) is 0 Å². The first-order valence-corrected chi connectivity index (χ1v) is 18.1. The molecule has 4 aromatic rings. The molecular formula is C31H37F2IN6O6S2. The van der Waals surface area contributed by atoms with E-state index in [1.807, 2.05) is 22.6 Å². The molecule has 12 nitrogen and oxygen atoms in total. The van der Waals surface area contributed by atoms with Crippen molar-refractivity contribution < 1.29 is 25.6 Å². The molecule has 0 radical (unpaired) electrons. The van der Waals surface area contributed by atoms with E-state index in [2.05, 4.69) is 9.44 Å². The fourth-order valence-electron chi connectivity index (χ4n) is 4.15. The predicted octanol–water partition coefficient (Wildman–Crippen LogP) is 3.58. The molecule has 260 valence electrons. The Hall–Kier alpha value is -3.65. The van der Waals surface area contributed by atoms with Crippen LogP contribution >= 0.6 is 22.6 Å². The van der Waals surface area contributed by atoms with Crippen molar-refractivity contribution >= 4 is 54.4 Å². The Morgan fingerprint density at radius 3 is 1.44 bits per heavy atom. The van der Waals surface area contributed by atoms with Gasteiger partial charge in [-0.05, 0) is 75.5 Å². The first-order chi connectivity index (χ1) is 22.2. The summed E-state index contributed by atoms with van der Waals surface area (Å²) in [6.45, 7) is 1.78. The van der Waals surface area contributed by atoms with Crippen LogP contribution in [0.2, 0.25) is 0 Å². The number of pyridine rings is 2. The van der Waals surface area contributed by atoms with E-state index in [0.29, 0.717) is 22.3 Å². The molecule has 0 atom stereocenters. The van der Waals surface area contributed by atoms with Gasteiger partial charge >= 0.3 is 20.4 Å². The fourth-order valence-corrected chi connectivity index (χ4v) is 5.89. The molecule has 0 fully saturated rings. The number of benzene rings is 2. The molecule has 4 rings (SSSR count). The average Bonchev–Trinajstić information content (AvgIpc) is 2.96. The van der Waals surface area contributed by atoms with Crippen LogP contribution in [0.3, 0.4) is 0 Å². The van der Waals surface area contributed by atoms with Crippen LogP contribution in [0, 0.1) is 22.1 Å². The Kier molecular flexibility index (Phi) is 12.7.